The maximum atomic E-state index is 11.3. The number of carbonyl (C=O) groups excluding carboxylic acids is 1. The Morgan fingerprint density at radius 3 is 2.50 bits per heavy atom. The van der Waals surface area contributed by atoms with Gasteiger partial charge in [0.2, 0.25) is 0 Å². The molecule has 0 aromatic carbocycles. The van der Waals surface area contributed by atoms with E-state index in [1.807, 2.05) is 20.8 Å². The van der Waals surface area contributed by atoms with Crippen LogP contribution in [0.2, 0.25) is 0 Å². The molecule has 0 aliphatic heterocycles. The van der Waals surface area contributed by atoms with Gasteiger partial charge in [-0.1, -0.05) is 0 Å². The van der Waals surface area contributed by atoms with Crippen LogP contribution < -0.4 is 5.32 Å². The van der Waals surface area contributed by atoms with E-state index in [-0.39, 0.29) is 12.1 Å². The standard InChI is InChI=1S/C10H19NO3/c1-10(2,3)14-9(13)11-7-4-5-8(12)6-7/h7-8,12H,4-6H2,1-3H3,(H,11,13)/t7-,8?/m1/s1. The molecule has 1 unspecified atom stereocenters. The molecule has 1 amide bonds. The highest BCUT2D eigenvalue weighted by molar-refractivity contribution is 5.68. The van der Waals surface area contributed by atoms with Crippen LogP contribution in [0.25, 0.3) is 0 Å². The van der Waals surface area contributed by atoms with Crippen LogP contribution in [-0.4, -0.2) is 28.9 Å². The monoisotopic (exact) mass is 201 g/mol. The molecule has 1 fully saturated rings. The Labute approximate surface area is 84.6 Å². The molecule has 2 N–H and O–H groups in total. The predicted octanol–water partition coefficient (Wildman–Crippen LogP) is 1.42. The van der Waals surface area contributed by atoms with Gasteiger partial charge < -0.3 is 15.2 Å². The summed E-state index contributed by atoms with van der Waals surface area (Å²) in [5.41, 5.74) is -0.457. The van der Waals surface area contributed by atoms with Crippen LogP contribution >= 0.6 is 0 Å². The second-order valence-electron chi connectivity index (χ2n) is 4.81. The van der Waals surface area contributed by atoms with Crippen molar-refractivity contribution in [2.45, 2.75) is 57.8 Å². The number of ether oxygens (including phenoxy) is 1. The summed E-state index contributed by atoms with van der Waals surface area (Å²) >= 11 is 0. The maximum absolute atomic E-state index is 11.3. The number of nitrogens with one attached hydrogen (secondary N) is 1. The number of hydrogen-bond acceptors (Lipinski definition) is 3. The van der Waals surface area contributed by atoms with Crippen LogP contribution in [0.15, 0.2) is 0 Å². The van der Waals surface area contributed by atoms with Crippen molar-refractivity contribution in [1.82, 2.24) is 5.32 Å². The summed E-state index contributed by atoms with van der Waals surface area (Å²) in [6.45, 7) is 5.49. The minimum Gasteiger partial charge on any atom is -0.444 e. The smallest absolute Gasteiger partial charge is 0.407 e. The van der Waals surface area contributed by atoms with Gasteiger partial charge in [0.05, 0.1) is 6.10 Å². The summed E-state index contributed by atoms with van der Waals surface area (Å²) in [5, 5.41) is 12.0. The minimum absolute atomic E-state index is 0.0693. The van der Waals surface area contributed by atoms with Gasteiger partial charge >= 0.3 is 6.09 Å². The van der Waals surface area contributed by atoms with Crippen molar-refractivity contribution >= 4 is 6.09 Å². The van der Waals surface area contributed by atoms with Gasteiger partial charge in [0.1, 0.15) is 5.60 Å². The predicted molar refractivity (Wildman–Crippen MR) is 53.0 cm³/mol. The zero-order chi connectivity index (χ0) is 10.8. The Morgan fingerprint density at radius 2 is 2.07 bits per heavy atom. The molecular weight excluding hydrogens is 182 g/mol. The van der Waals surface area contributed by atoms with Gasteiger partial charge in [-0.15, -0.1) is 0 Å². The first-order chi connectivity index (χ1) is 6.37. The molecule has 1 aliphatic rings. The van der Waals surface area contributed by atoms with E-state index in [2.05, 4.69) is 5.32 Å². The first-order valence-corrected chi connectivity index (χ1v) is 5.04. The molecule has 0 aromatic rings. The van der Waals surface area contributed by atoms with Crippen LogP contribution in [0.1, 0.15) is 40.0 Å². The van der Waals surface area contributed by atoms with Crippen LogP contribution in [0.5, 0.6) is 0 Å². The molecule has 14 heavy (non-hydrogen) atoms. The van der Waals surface area contributed by atoms with Gasteiger partial charge in [0.25, 0.3) is 0 Å². The van der Waals surface area contributed by atoms with Crippen molar-refractivity contribution in [3.63, 3.8) is 0 Å². The molecule has 4 nitrogen and oxygen atoms in total. The van der Waals surface area contributed by atoms with Crippen LogP contribution in [0.3, 0.4) is 0 Å². The van der Waals surface area contributed by atoms with Gasteiger partial charge in [-0.25, -0.2) is 4.79 Å². The third-order valence-corrected chi connectivity index (χ3v) is 2.13. The first kappa shape index (κ1) is 11.3. The molecule has 82 valence electrons. The van der Waals surface area contributed by atoms with Crippen LogP contribution in [0.4, 0.5) is 4.79 Å². The number of carbonyl (C=O) groups is 1. The lowest BCUT2D eigenvalue weighted by Crippen LogP contribution is -2.38. The van der Waals surface area contributed by atoms with E-state index in [0.717, 1.165) is 12.8 Å². The highest BCUT2D eigenvalue weighted by atomic mass is 16.6. The summed E-state index contributed by atoms with van der Waals surface area (Å²) < 4.78 is 5.10. The third kappa shape index (κ3) is 3.96. The molecule has 0 bridgehead atoms. The zero-order valence-electron chi connectivity index (χ0n) is 9.04. The molecule has 0 radical (unpaired) electrons. The highest BCUT2D eigenvalue weighted by Gasteiger charge is 2.26. The second kappa shape index (κ2) is 4.17. The van der Waals surface area contributed by atoms with Gasteiger partial charge in [0.15, 0.2) is 0 Å². The molecule has 1 aliphatic carbocycles. The van der Waals surface area contributed by atoms with E-state index >= 15 is 0 Å². The number of aliphatic hydroxyl groups is 1. The normalized spacial score (nSPS) is 27.4. The Hall–Kier alpha value is -0.770. The zero-order valence-corrected chi connectivity index (χ0v) is 9.04. The molecule has 0 aromatic heterocycles. The fourth-order valence-electron chi connectivity index (χ4n) is 1.56. The maximum Gasteiger partial charge on any atom is 0.407 e. The SMILES string of the molecule is CC(C)(C)OC(=O)N[C@@H]1CCC(O)C1. The van der Waals surface area contributed by atoms with Crippen molar-refractivity contribution in [3.8, 4) is 0 Å². The number of rotatable bonds is 1. The lowest BCUT2D eigenvalue weighted by atomic mass is 10.2. The Balaban J connectivity index is 2.27. The average Bonchev–Trinajstić information content (AvgIpc) is 2.30. The molecule has 1 rings (SSSR count). The molecular formula is C10H19NO3. The topological polar surface area (TPSA) is 58.6 Å². The second-order valence-corrected chi connectivity index (χ2v) is 4.81. The summed E-state index contributed by atoms with van der Waals surface area (Å²) in [6, 6.07) is 0.0693. The summed E-state index contributed by atoms with van der Waals surface area (Å²) in [5.74, 6) is 0. The van der Waals surface area contributed by atoms with E-state index in [1.165, 1.54) is 0 Å². The molecule has 0 spiro atoms. The van der Waals surface area contributed by atoms with E-state index < -0.39 is 11.7 Å². The first-order valence-electron chi connectivity index (χ1n) is 5.04. The van der Waals surface area contributed by atoms with Crippen molar-refractivity contribution in [2.24, 2.45) is 0 Å². The van der Waals surface area contributed by atoms with E-state index in [4.69, 9.17) is 4.74 Å². The number of hydrogen-bond donors (Lipinski definition) is 2. The quantitative estimate of drug-likeness (QED) is 0.674. The molecule has 0 saturated heterocycles. The Kier molecular flexibility index (Phi) is 3.37. The van der Waals surface area contributed by atoms with Gasteiger partial charge in [-0.3, -0.25) is 0 Å². The van der Waals surface area contributed by atoms with Crippen molar-refractivity contribution in [2.75, 3.05) is 0 Å². The average molecular weight is 201 g/mol. The fourth-order valence-corrected chi connectivity index (χ4v) is 1.56. The van der Waals surface area contributed by atoms with Crippen molar-refractivity contribution in [1.29, 1.82) is 0 Å². The highest BCUT2D eigenvalue weighted by Crippen LogP contribution is 2.19. The summed E-state index contributed by atoms with van der Waals surface area (Å²) in [7, 11) is 0. The molecule has 1 saturated carbocycles. The van der Waals surface area contributed by atoms with Crippen LogP contribution in [0, 0.1) is 0 Å². The Bertz CT molecular complexity index is 210. The van der Waals surface area contributed by atoms with Gasteiger partial charge in [0, 0.05) is 6.04 Å². The largest absolute Gasteiger partial charge is 0.444 e. The fraction of sp³-hybridized carbons (Fsp3) is 0.900. The van der Waals surface area contributed by atoms with Crippen molar-refractivity contribution < 1.29 is 14.6 Å². The van der Waals surface area contributed by atoms with Gasteiger partial charge in [-0.2, -0.15) is 0 Å². The van der Waals surface area contributed by atoms with Gasteiger partial charge in [-0.05, 0) is 40.0 Å². The molecule has 2 atom stereocenters. The summed E-state index contributed by atoms with van der Waals surface area (Å²) in [6.07, 6.45) is 1.58. The van der Waals surface area contributed by atoms with Crippen LogP contribution in [-0.2, 0) is 4.74 Å². The lowest BCUT2D eigenvalue weighted by molar-refractivity contribution is 0.0502. The van der Waals surface area contributed by atoms with Crippen molar-refractivity contribution in [3.05, 3.63) is 0 Å². The number of amides is 1. The molecule has 0 heterocycles. The summed E-state index contributed by atoms with van der Waals surface area (Å²) in [4.78, 5) is 11.3. The third-order valence-electron chi connectivity index (χ3n) is 2.13. The van der Waals surface area contributed by atoms with E-state index in [1.54, 1.807) is 0 Å². The minimum atomic E-state index is -0.457. The molecule has 4 heteroatoms. The number of aliphatic hydroxyl groups excluding tert-OH is 1. The Morgan fingerprint density at radius 1 is 1.43 bits per heavy atom. The number of alkyl carbamates (subject to hydrolysis) is 1. The van der Waals surface area contributed by atoms with E-state index in [9.17, 15) is 9.90 Å². The van der Waals surface area contributed by atoms with E-state index in [0.29, 0.717) is 6.42 Å². The lowest BCUT2D eigenvalue weighted by Gasteiger charge is -2.21.